The summed E-state index contributed by atoms with van der Waals surface area (Å²) >= 11 is 0. The zero-order valence-corrected chi connectivity index (χ0v) is 16.1. The van der Waals surface area contributed by atoms with E-state index in [0.29, 0.717) is 16.8 Å². The van der Waals surface area contributed by atoms with Crippen LogP contribution in [0.2, 0.25) is 0 Å². The van der Waals surface area contributed by atoms with Crippen LogP contribution in [0.1, 0.15) is 48.5 Å². The topological polar surface area (TPSA) is 122 Å². The zero-order chi connectivity index (χ0) is 20.9. The quantitative estimate of drug-likeness (QED) is 0.421. The minimum absolute atomic E-state index is 0.0881. The fraction of sp³-hybridized carbons (Fsp3) is 0.450. The van der Waals surface area contributed by atoms with Crippen molar-refractivity contribution in [1.29, 1.82) is 0 Å². The lowest BCUT2D eigenvalue weighted by Gasteiger charge is -2.20. The Morgan fingerprint density at radius 3 is 2.66 bits per heavy atom. The molecule has 0 spiro atoms. The number of hydrogen-bond acceptors (Lipinski definition) is 6. The van der Waals surface area contributed by atoms with Gasteiger partial charge in [0.05, 0.1) is 5.92 Å². The van der Waals surface area contributed by atoms with Gasteiger partial charge in [-0.2, -0.15) is 0 Å². The van der Waals surface area contributed by atoms with Crippen LogP contribution in [0.3, 0.4) is 0 Å². The summed E-state index contributed by atoms with van der Waals surface area (Å²) in [4.78, 5) is 61.6. The molecule has 1 aromatic rings. The number of rotatable bonds is 6. The van der Waals surface area contributed by atoms with Gasteiger partial charge < -0.3 is 15.4 Å². The van der Waals surface area contributed by atoms with E-state index in [4.69, 9.17) is 4.74 Å². The summed E-state index contributed by atoms with van der Waals surface area (Å²) in [6.45, 7) is 2.34. The summed E-state index contributed by atoms with van der Waals surface area (Å²) in [6, 6.07) is 4.16. The molecule has 0 unspecified atom stereocenters. The number of fused-ring (bicyclic) bond motifs is 1. The van der Waals surface area contributed by atoms with Crippen molar-refractivity contribution in [1.82, 2.24) is 10.2 Å². The van der Waals surface area contributed by atoms with Gasteiger partial charge in [-0.1, -0.05) is 0 Å². The smallest absolute Gasteiger partial charge is 0.326 e. The maximum atomic E-state index is 12.5. The lowest BCUT2D eigenvalue weighted by atomic mass is 9.96. The number of anilines is 1. The third-order valence-electron chi connectivity index (χ3n) is 5.84. The van der Waals surface area contributed by atoms with Crippen molar-refractivity contribution < 1.29 is 28.7 Å². The highest BCUT2D eigenvalue weighted by Gasteiger charge is 2.56. The number of benzene rings is 1. The van der Waals surface area contributed by atoms with Crippen LogP contribution in [0.15, 0.2) is 18.2 Å². The minimum Gasteiger partial charge on any atom is -0.456 e. The van der Waals surface area contributed by atoms with Crippen LogP contribution in [0, 0.1) is 5.92 Å². The number of imide groups is 1. The Morgan fingerprint density at radius 1 is 1.24 bits per heavy atom. The second kappa shape index (κ2) is 6.68. The number of Topliss-reactive ketones (excluding diaryl/α,β-unsaturated/α-hetero) is 1. The molecule has 4 rings (SSSR count). The molecule has 2 N–H and O–H groups in total. The molecule has 1 aromatic carbocycles. The number of carbonyl (C=O) groups excluding carboxylic acids is 5. The van der Waals surface area contributed by atoms with E-state index in [2.05, 4.69) is 10.6 Å². The maximum Gasteiger partial charge on any atom is 0.326 e. The molecule has 2 fully saturated rings. The van der Waals surface area contributed by atoms with Gasteiger partial charge in [0.2, 0.25) is 5.91 Å². The molecule has 3 aliphatic rings. The molecule has 29 heavy (non-hydrogen) atoms. The second-order valence-corrected chi connectivity index (χ2v) is 7.89. The summed E-state index contributed by atoms with van der Waals surface area (Å²) in [5.41, 5.74) is 0.718. The van der Waals surface area contributed by atoms with E-state index in [-0.39, 0.29) is 17.7 Å². The van der Waals surface area contributed by atoms with Crippen LogP contribution < -0.4 is 10.6 Å². The van der Waals surface area contributed by atoms with Crippen LogP contribution >= 0.6 is 0 Å². The summed E-state index contributed by atoms with van der Waals surface area (Å²) < 4.78 is 4.98. The number of esters is 1. The molecule has 9 nitrogen and oxygen atoms in total. The third kappa shape index (κ3) is 3.26. The molecule has 0 radical (unpaired) electrons. The van der Waals surface area contributed by atoms with E-state index in [0.717, 1.165) is 17.7 Å². The average Bonchev–Trinajstić information content (AvgIpc) is 3.47. The predicted octanol–water partition coefficient (Wildman–Crippen LogP) is 1.19. The normalized spacial score (nSPS) is 25.5. The second-order valence-electron chi connectivity index (χ2n) is 7.89. The Hall–Kier alpha value is -3.23. The van der Waals surface area contributed by atoms with Crippen molar-refractivity contribution in [3.05, 3.63) is 29.3 Å². The first-order valence-corrected chi connectivity index (χ1v) is 9.48. The van der Waals surface area contributed by atoms with Gasteiger partial charge in [0.15, 0.2) is 12.4 Å². The summed E-state index contributed by atoms with van der Waals surface area (Å²) in [5.74, 6) is -2.13. The summed E-state index contributed by atoms with van der Waals surface area (Å²) in [5, 5.41) is 5.37. The Morgan fingerprint density at radius 2 is 1.97 bits per heavy atom. The molecule has 1 saturated carbocycles. The first-order chi connectivity index (χ1) is 13.7. The van der Waals surface area contributed by atoms with Crippen LogP contribution in [-0.4, -0.2) is 53.2 Å². The van der Waals surface area contributed by atoms with Gasteiger partial charge in [0, 0.05) is 11.3 Å². The fourth-order valence-electron chi connectivity index (χ4n) is 3.79. The number of ether oxygens (including phenoxy) is 1. The molecule has 9 heteroatoms. The van der Waals surface area contributed by atoms with Gasteiger partial charge in [-0.3, -0.25) is 24.1 Å². The minimum atomic E-state index is -0.972. The van der Waals surface area contributed by atoms with Crippen molar-refractivity contribution >= 4 is 35.3 Å². The SMILES string of the molecule is C[C@H]1C(=O)Nc2ccc(C(=O)COC(=O)CN3C(=O)N[C@@](C)(C4CC4)C3=O)cc21. The van der Waals surface area contributed by atoms with E-state index in [1.807, 2.05) is 0 Å². The highest BCUT2D eigenvalue weighted by atomic mass is 16.5. The van der Waals surface area contributed by atoms with Gasteiger partial charge in [-0.15, -0.1) is 0 Å². The van der Waals surface area contributed by atoms with E-state index in [1.54, 1.807) is 32.0 Å². The van der Waals surface area contributed by atoms with Crippen molar-refractivity contribution in [2.24, 2.45) is 5.92 Å². The molecule has 4 amide bonds. The van der Waals surface area contributed by atoms with Crippen LogP contribution in [-0.2, 0) is 19.1 Å². The summed E-state index contributed by atoms with van der Waals surface area (Å²) in [6.07, 6.45) is 1.71. The lowest BCUT2D eigenvalue weighted by molar-refractivity contribution is -0.146. The number of nitrogens with one attached hydrogen (secondary N) is 2. The Kier molecular flexibility index (Phi) is 4.40. The Bertz CT molecular complexity index is 954. The van der Waals surface area contributed by atoms with Crippen LogP contribution in [0.4, 0.5) is 10.5 Å². The molecule has 1 saturated heterocycles. The van der Waals surface area contributed by atoms with Crippen molar-refractivity contribution in [2.45, 2.75) is 38.1 Å². The highest BCUT2D eigenvalue weighted by molar-refractivity contribution is 6.09. The average molecular weight is 399 g/mol. The molecule has 1 aliphatic carbocycles. The van der Waals surface area contributed by atoms with Crippen molar-refractivity contribution in [3.8, 4) is 0 Å². The highest BCUT2D eigenvalue weighted by Crippen LogP contribution is 2.42. The Labute approximate surface area is 166 Å². The van der Waals surface area contributed by atoms with Gasteiger partial charge in [-0.05, 0) is 56.4 Å². The zero-order valence-electron chi connectivity index (χ0n) is 16.1. The number of hydrogen-bond donors (Lipinski definition) is 2. The summed E-state index contributed by atoms with van der Waals surface area (Å²) in [7, 11) is 0. The molecular weight excluding hydrogens is 378 g/mol. The largest absolute Gasteiger partial charge is 0.456 e. The fourth-order valence-corrected chi connectivity index (χ4v) is 3.79. The molecule has 152 valence electrons. The van der Waals surface area contributed by atoms with Gasteiger partial charge in [-0.25, -0.2) is 4.79 Å². The van der Waals surface area contributed by atoms with Crippen molar-refractivity contribution in [2.75, 3.05) is 18.5 Å². The Balaban J connectivity index is 1.34. The number of amides is 4. The van der Waals surface area contributed by atoms with E-state index < -0.39 is 42.4 Å². The molecule has 2 aliphatic heterocycles. The number of urea groups is 1. The van der Waals surface area contributed by atoms with Crippen LogP contribution in [0.5, 0.6) is 0 Å². The number of carbonyl (C=O) groups is 5. The number of ketones is 1. The van der Waals surface area contributed by atoms with E-state index in [1.165, 1.54) is 0 Å². The molecule has 0 bridgehead atoms. The maximum absolute atomic E-state index is 12.5. The molecular formula is C20H21N3O6. The van der Waals surface area contributed by atoms with Gasteiger partial charge in [0.1, 0.15) is 12.1 Å². The third-order valence-corrected chi connectivity index (χ3v) is 5.84. The first kappa shape index (κ1) is 19.1. The van der Waals surface area contributed by atoms with Crippen LogP contribution in [0.25, 0.3) is 0 Å². The monoisotopic (exact) mass is 399 g/mol. The van der Waals surface area contributed by atoms with Gasteiger partial charge in [0.25, 0.3) is 5.91 Å². The van der Waals surface area contributed by atoms with E-state index in [9.17, 15) is 24.0 Å². The molecule has 2 heterocycles. The van der Waals surface area contributed by atoms with E-state index >= 15 is 0 Å². The standard InChI is InChI=1S/C20H21N3O6/c1-10-13-7-11(3-6-14(13)21-17(10)26)15(24)9-29-16(25)8-23-18(27)20(2,12-4-5-12)22-19(23)28/h3,6-7,10,12H,4-5,8-9H2,1-2H3,(H,21,26)(H,22,28)/t10-,20+/m1/s1. The number of nitrogens with zero attached hydrogens (tertiary/aromatic N) is 1. The predicted molar refractivity (Wildman–Crippen MR) is 100 cm³/mol. The van der Waals surface area contributed by atoms with Gasteiger partial charge >= 0.3 is 12.0 Å². The van der Waals surface area contributed by atoms with Crippen molar-refractivity contribution in [3.63, 3.8) is 0 Å². The molecule has 0 aromatic heterocycles. The first-order valence-electron chi connectivity index (χ1n) is 9.48. The lowest BCUT2D eigenvalue weighted by Crippen LogP contribution is -2.46. The molecule has 2 atom stereocenters.